The molecule has 0 radical (unpaired) electrons. The van der Waals surface area contributed by atoms with Crippen LogP contribution in [0.4, 0.5) is 0 Å². The van der Waals surface area contributed by atoms with Crippen LogP contribution in [0.2, 0.25) is 0 Å². The molecule has 0 bridgehead atoms. The summed E-state index contributed by atoms with van der Waals surface area (Å²) in [6.45, 7) is 8.83. The largest absolute Gasteiger partial charge is 0.506 e. The first kappa shape index (κ1) is 29.5. The molecule has 0 aliphatic rings. The van der Waals surface area contributed by atoms with E-state index in [2.05, 4.69) is 10.2 Å². The van der Waals surface area contributed by atoms with Crippen LogP contribution in [-0.4, -0.2) is 84.0 Å². The minimum absolute atomic E-state index is 0.0549. The summed E-state index contributed by atoms with van der Waals surface area (Å²) in [5.74, 6) is -0.645. The predicted octanol–water partition coefficient (Wildman–Crippen LogP) is 3.31. The summed E-state index contributed by atoms with van der Waals surface area (Å²) in [7, 11) is 0. The summed E-state index contributed by atoms with van der Waals surface area (Å²) in [6, 6.07) is 12.7. The van der Waals surface area contributed by atoms with E-state index in [1.54, 1.807) is 18.2 Å². The van der Waals surface area contributed by atoms with Crippen LogP contribution in [0.25, 0.3) is 16.7 Å². The van der Waals surface area contributed by atoms with Gasteiger partial charge in [0.05, 0.1) is 39.0 Å². The van der Waals surface area contributed by atoms with E-state index in [0.717, 1.165) is 16.6 Å². The molecule has 38 heavy (non-hydrogen) atoms. The first-order chi connectivity index (χ1) is 18.3. The highest BCUT2D eigenvalue weighted by molar-refractivity contribution is 5.74. The van der Waals surface area contributed by atoms with Gasteiger partial charge in [0.1, 0.15) is 29.1 Å². The van der Waals surface area contributed by atoms with Gasteiger partial charge in [-0.2, -0.15) is 0 Å². The van der Waals surface area contributed by atoms with Crippen molar-refractivity contribution in [2.45, 2.75) is 33.6 Å². The van der Waals surface area contributed by atoms with Crippen LogP contribution in [0, 0.1) is 11.3 Å². The molecule has 0 amide bonds. The molecular weight excluding hydrogens is 490 g/mol. The zero-order valence-electron chi connectivity index (χ0n) is 22.5. The van der Waals surface area contributed by atoms with Crippen molar-refractivity contribution in [3.63, 3.8) is 0 Å². The lowest BCUT2D eigenvalue weighted by Crippen LogP contribution is -2.33. The Balaban J connectivity index is 1.48. The fraction of sp³-hybridized carbons (Fsp3) is 0.536. The number of carbonyl (C=O) groups is 1. The molecule has 3 aromatic rings. The number of aromatic nitrogens is 3. The van der Waals surface area contributed by atoms with E-state index in [1.807, 2.05) is 45.0 Å². The minimum atomic E-state index is -0.404. The number of aromatic hydroxyl groups is 1. The molecule has 0 saturated carbocycles. The number of nitrogens with zero attached hydrogens (tertiary/aromatic N) is 3. The quantitative estimate of drug-likeness (QED) is 0.212. The van der Waals surface area contributed by atoms with E-state index in [9.17, 15) is 9.90 Å². The van der Waals surface area contributed by atoms with E-state index < -0.39 is 5.92 Å². The number of hydrogen-bond donors (Lipinski definition) is 2. The van der Waals surface area contributed by atoms with Gasteiger partial charge in [-0.05, 0) is 48.1 Å². The van der Waals surface area contributed by atoms with Crippen LogP contribution in [-0.2, 0) is 30.2 Å². The van der Waals surface area contributed by atoms with Crippen molar-refractivity contribution in [3.05, 3.63) is 48.0 Å². The van der Waals surface area contributed by atoms with E-state index in [1.165, 1.54) is 4.80 Å². The molecule has 10 heteroatoms. The molecule has 0 aliphatic heterocycles. The van der Waals surface area contributed by atoms with Crippen molar-refractivity contribution in [3.8, 4) is 11.4 Å². The lowest BCUT2D eigenvalue weighted by Gasteiger charge is -2.29. The molecule has 0 fully saturated rings. The van der Waals surface area contributed by atoms with Gasteiger partial charge in [-0.25, -0.2) is 0 Å². The standard InChI is InChI=1S/C28H39N3O7/c1-28(2,3)22(27(34)38-18-17-37-16-15-36-14-13-35-12-6-11-32)19-21-9-10-26(33)25(20-21)31-29-23-7-4-5-8-24(23)30-31/h4-5,7-10,20,22,32-33H,6,11-19H2,1-3H3. The van der Waals surface area contributed by atoms with Gasteiger partial charge >= 0.3 is 5.97 Å². The molecule has 3 rings (SSSR count). The predicted molar refractivity (Wildman–Crippen MR) is 142 cm³/mol. The molecule has 0 aliphatic carbocycles. The summed E-state index contributed by atoms with van der Waals surface area (Å²) < 4.78 is 21.7. The Labute approximate surface area is 223 Å². The van der Waals surface area contributed by atoms with Gasteiger partial charge in [-0.3, -0.25) is 4.79 Å². The maximum atomic E-state index is 13.0. The molecule has 0 saturated heterocycles. The molecule has 1 atom stereocenters. The number of aliphatic hydroxyl groups is 1. The number of phenolic OH excluding ortho intramolecular Hbond substituents is 1. The van der Waals surface area contributed by atoms with Crippen molar-refractivity contribution in [2.75, 3.05) is 52.9 Å². The van der Waals surface area contributed by atoms with Crippen molar-refractivity contribution < 1.29 is 34.0 Å². The molecular formula is C28H39N3O7. The number of aliphatic hydroxyl groups excluding tert-OH is 1. The number of carbonyl (C=O) groups excluding carboxylic acids is 1. The summed E-state index contributed by atoms with van der Waals surface area (Å²) in [6.07, 6.45) is 1.06. The van der Waals surface area contributed by atoms with Crippen LogP contribution < -0.4 is 0 Å². The molecule has 0 spiro atoms. The maximum absolute atomic E-state index is 13.0. The van der Waals surface area contributed by atoms with Gasteiger partial charge in [0, 0.05) is 13.2 Å². The third-order valence-electron chi connectivity index (χ3n) is 5.97. The second kappa shape index (κ2) is 14.8. The zero-order chi connectivity index (χ0) is 27.4. The van der Waals surface area contributed by atoms with Crippen LogP contribution in [0.15, 0.2) is 42.5 Å². The summed E-state index contributed by atoms with van der Waals surface area (Å²) in [5.41, 5.74) is 2.43. The Morgan fingerprint density at radius 2 is 1.47 bits per heavy atom. The topological polar surface area (TPSA) is 125 Å². The number of phenols is 1. The maximum Gasteiger partial charge on any atom is 0.309 e. The normalized spacial score (nSPS) is 12.6. The van der Waals surface area contributed by atoms with Gasteiger partial charge in [0.2, 0.25) is 0 Å². The number of ether oxygens (including phenoxy) is 4. The van der Waals surface area contributed by atoms with E-state index >= 15 is 0 Å². The fourth-order valence-electron chi connectivity index (χ4n) is 3.81. The van der Waals surface area contributed by atoms with E-state index in [4.69, 9.17) is 24.1 Å². The monoisotopic (exact) mass is 529 g/mol. The Bertz CT molecular complexity index is 1110. The van der Waals surface area contributed by atoms with E-state index in [-0.39, 0.29) is 37.0 Å². The van der Waals surface area contributed by atoms with Gasteiger partial charge in [0.25, 0.3) is 0 Å². The second-order valence-corrected chi connectivity index (χ2v) is 10.0. The lowest BCUT2D eigenvalue weighted by molar-refractivity contribution is -0.154. The molecule has 1 aromatic heterocycles. The number of fused-ring (bicyclic) bond motifs is 1. The van der Waals surface area contributed by atoms with Crippen LogP contribution in [0.1, 0.15) is 32.8 Å². The SMILES string of the molecule is CC(C)(C)C(Cc1ccc(O)c(-n2nc3ccccc3n2)c1)C(=O)OCCOCCOCCOCCCO. The highest BCUT2D eigenvalue weighted by Crippen LogP contribution is 2.32. The second-order valence-electron chi connectivity index (χ2n) is 10.0. The Morgan fingerprint density at radius 3 is 2.05 bits per heavy atom. The highest BCUT2D eigenvalue weighted by Gasteiger charge is 2.33. The molecule has 10 nitrogen and oxygen atoms in total. The Hall–Kier alpha value is -3.05. The number of benzene rings is 2. The number of rotatable bonds is 16. The summed E-state index contributed by atoms with van der Waals surface area (Å²) in [4.78, 5) is 14.4. The molecule has 208 valence electrons. The first-order valence-corrected chi connectivity index (χ1v) is 12.9. The summed E-state index contributed by atoms with van der Waals surface area (Å²) in [5, 5.41) is 28.1. The van der Waals surface area contributed by atoms with Crippen LogP contribution >= 0.6 is 0 Å². The van der Waals surface area contributed by atoms with Crippen molar-refractivity contribution in [1.82, 2.24) is 15.0 Å². The van der Waals surface area contributed by atoms with Crippen molar-refractivity contribution >= 4 is 17.0 Å². The lowest BCUT2D eigenvalue weighted by atomic mass is 9.77. The number of esters is 1. The van der Waals surface area contributed by atoms with Crippen molar-refractivity contribution in [1.29, 1.82) is 0 Å². The number of hydrogen-bond acceptors (Lipinski definition) is 9. The smallest absolute Gasteiger partial charge is 0.309 e. The van der Waals surface area contributed by atoms with Gasteiger partial charge in [-0.15, -0.1) is 15.0 Å². The van der Waals surface area contributed by atoms with Gasteiger partial charge in [-0.1, -0.05) is 39.0 Å². The summed E-state index contributed by atoms with van der Waals surface area (Å²) >= 11 is 0. The third-order valence-corrected chi connectivity index (χ3v) is 5.97. The zero-order valence-corrected chi connectivity index (χ0v) is 22.5. The average Bonchev–Trinajstić information content (AvgIpc) is 3.32. The molecule has 1 unspecified atom stereocenters. The van der Waals surface area contributed by atoms with Crippen LogP contribution in [0.5, 0.6) is 5.75 Å². The highest BCUT2D eigenvalue weighted by atomic mass is 16.6. The molecule has 2 aromatic carbocycles. The molecule has 1 heterocycles. The Kier molecular flexibility index (Phi) is 11.5. The van der Waals surface area contributed by atoms with Crippen molar-refractivity contribution in [2.24, 2.45) is 11.3 Å². The third kappa shape index (κ3) is 9.05. The van der Waals surface area contributed by atoms with Gasteiger partial charge in [0.15, 0.2) is 0 Å². The molecule has 2 N–H and O–H groups in total. The average molecular weight is 530 g/mol. The van der Waals surface area contributed by atoms with E-state index in [0.29, 0.717) is 51.6 Å². The fourth-order valence-corrected chi connectivity index (χ4v) is 3.81. The van der Waals surface area contributed by atoms with Crippen LogP contribution in [0.3, 0.4) is 0 Å². The Morgan fingerprint density at radius 1 is 0.895 bits per heavy atom. The van der Waals surface area contributed by atoms with Gasteiger partial charge < -0.3 is 29.2 Å². The first-order valence-electron chi connectivity index (χ1n) is 12.9. The minimum Gasteiger partial charge on any atom is -0.506 e.